The molecule has 0 bridgehead atoms. The molecular weight excluding hydrogens is 303 g/mol. The first-order valence-electron chi connectivity index (χ1n) is 5.82. The first kappa shape index (κ1) is 13.6. The van der Waals surface area contributed by atoms with Gasteiger partial charge < -0.3 is 9.72 Å². The van der Waals surface area contributed by atoms with E-state index in [1.54, 1.807) is 12.1 Å². The van der Waals surface area contributed by atoms with E-state index in [1.807, 2.05) is 0 Å². The van der Waals surface area contributed by atoms with Crippen LogP contribution in [0.1, 0.15) is 0 Å². The van der Waals surface area contributed by atoms with E-state index < -0.39 is 17.5 Å². The summed E-state index contributed by atoms with van der Waals surface area (Å²) in [7, 11) is 1.44. The van der Waals surface area contributed by atoms with Crippen molar-refractivity contribution < 1.29 is 17.9 Å². The van der Waals surface area contributed by atoms with E-state index in [1.165, 1.54) is 11.7 Å². The van der Waals surface area contributed by atoms with Crippen molar-refractivity contribution in [2.75, 3.05) is 7.11 Å². The molecule has 0 fully saturated rings. The summed E-state index contributed by atoms with van der Waals surface area (Å²) < 4.78 is 46.3. The van der Waals surface area contributed by atoms with Gasteiger partial charge in [0.1, 0.15) is 0 Å². The highest BCUT2D eigenvalue weighted by atomic mass is 32.1. The predicted octanol–water partition coefficient (Wildman–Crippen LogP) is 3.51. The van der Waals surface area contributed by atoms with Crippen molar-refractivity contribution in [3.63, 3.8) is 0 Å². The zero-order valence-electron chi connectivity index (χ0n) is 10.7. The van der Waals surface area contributed by atoms with Gasteiger partial charge in [-0.2, -0.15) is 4.98 Å². The lowest BCUT2D eigenvalue weighted by Gasteiger charge is -2.06. The van der Waals surface area contributed by atoms with Crippen LogP contribution in [0.4, 0.5) is 13.2 Å². The van der Waals surface area contributed by atoms with Gasteiger partial charge in [-0.25, -0.2) is 13.2 Å². The molecule has 0 radical (unpaired) electrons. The maximum Gasteiger partial charge on any atom is 0.215 e. The van der Waals surface area contributed by atoms with Gasteiger partial charge in [-0.15, -0.1) is 0 Å². The van der Waals surface area contributed by atoms with Crippen LogP contribution < -0.4 is 4.74 Å². The number of ether oxygens (including phenoxy) is 1. The number of hydrogen-bond acceptors (Lipinski definition) is 3. The molecule has 1 aromatic carbocycles. The third-order valence-corrected chi connectivity index (χ3v) is 3.23. The second-order valence-electron chi connectivity index (χ2n) is 4.21. The first-order chi connectivity index (χ1) is 10.0. The lowest BCUT2D eigenvalue weighted by Crippen LogP contribution is -2.00. The van der Waals surface area contributed by atoms with Crippen molar-refractivity contribution in [1.29, 1.82) is 0 Å². The van der Waals surface area contributed by atoms with Gasteiger partial charge in [0.05, 0.1) is 18.3 Å². The van der Waals surface area contributed by atoms with Gasteiger partial charge in [-0.3, -0.25) is 4.57 Å². The van der Waals surface area contributed by atoms with E-state index in [4.69, 9.17) is 17.0 Å². The van der Waals surface area contributed by atoms with Crippen molar-refractivity contribution in [3.05, 3.63) is 46.5 Å². The molecule has 8 heteroatoms. The topological polar surface area (TPSA) is 42.8 Å². The molecule has 0 saturated carbocycles. The van der Waals surface area contributed by atoms with Crippen molar-refractivity contribution in [2.45, 2.75) is 0 Å². The molecule has 3 aromatic rings. The number of aromatic amines is 1. The fourth-order valence-electron chi connectivity index (χ4n) is 1.99. The molecule has 0 aliphatic carbocycles. The van der Waals surface area contributed by atoms with E-state index in [2.05, 4.69) is 9.97 Å². The zero-order valence-corrected chi connectivity index (χ0v) is 11.5. The third-order valence-electron chi connectivity index (χ3n) is 2.94. The molecule has 0 unspecified atom stereocenters. The number of imidazole rings is 1. The summed E-state index contributed by atoms with van der Waals surface area (Å²) in [6.07, 6.45) is 0. The summed E-state index contributed by atoms with van der Waals surface area (Å²) in [6, 6.07) is 4.98. The molecule has 108 valence electrons. The van der Waals surface area contributed by atoms with Crippen molar-refractivity contribution in [2.24, 2.45) is 0 Å². The van der Waals surface area contributed by atoms with Gasteiger partial charge in [-0.1, -0.05) is 0 Å². The maximum atomic E-state index is 13.4. The highest BCUT2D eigenvalue weighted by Gasteiger charge is 2.15. The van der Waals surface area contributed by atoms with Crippen LogP contribution in [0.15, 0.2) is 24.3 Å². The maximum absolute atomic E-state index is 13.4. The van der Waals surface area contributed by atoms with E-state index in [0.29, 0.717) is 17.0 Å². The Morgan fingerprint density at radius 1 is 1.19 bits per heavy atom. The van der Waals surface area contributed by atoms with Crippen LogP contribution in [-0.4, -0.2) is 21.6 Å². The van der Waals surface area contributed by atoms with Crippen LogP contribution in [0, 0.1) is 22.2 Å². The monoisotopic (exact) mass is 311 g/mol. The molecule has 0 aliphatic rings. The summed E-state index contributed by atoms with van der Waals surface area (Å²) in [4.78, 5) is 7.03. The van der Waals surface area contributed by atoms with Crippen LogP contribution in [-0.2, 0) is 0 Å². The SMILES string of the molecule is COc1ccc2[nH]c(=S)n(-c3cc(F)c(F)c(F)c3)c2n1. The molecule has 2 aromatic heterocycles. The molecule has 0 amide bonds. The summed E-state index contributed by atoms with van der Waals surface area (Å²) >= 11 is 5.12. The second kappa shape index (κ2) is 4.88. The highest BCUT2D eigenvalue weighted by Crippen LogP contribution is 2.23. The minimum absolute atomic E-state index is 0.0309. The van der Waals surface area contributed by atoms with E-state index >= 15 is 0 Å². The molecule has 0 atom stereocenters. The molecule has 3 rings (SSSR count). The van der Waals surface area contributed by atoms with Crippen LogP contribution in [0.5, 0.6) is 5.88 Å². The van der Waals surface area contributed by atoms with E-state index in [0.717, 1.165) is 12.1 Å². The van der Waals surface area contributed by atoms with E-state index in [9.17, 15) is 13.2 Å². The average Bonchev–Trinajstić information content (AvgIpc) is 2.79. The minimum Gasteiger partial charge on any atom is -0.481 e. The van der Waals surface area contributed by atoms with Crippen molar-refractivity contribution in [1.82, 2.24) is 14.5 Å². The van der Waals surface area contributed by atoms with Gasteiger partial charge in [-0.05, 0) is 18.3 Å². The second-order valence-corrected chi connectivity index (χ2v) is 4.60. The highest BCUT2D eigenvalue weighted by molar-refractivity contribution is 7.71. The van der Waals surface area contributed by atoms with Crippen LogP contribution in [0.3, 0.4) is 0 Å². The molecule has 4 nitrogen and oxygen atoms in total. The first-order valence-corrected chi connectivity index (χ1v) is 6.23. The average molecular weight is 311 g/mol. The van der Waals surface area contributed by atoms with Gasteiger partial charge in [0.15, 0.2) is 27.9 Å². The quantitative estimate of drug-likeness (QED) is 0.582. The van der Waals surface area contributed by atoms with Crippen LogP contribution in [0.2, 0.25) is 0 Å². The zero-order chi connectivity index (χ0) is 15.1. The molecule has 21 heavy (non-hydrogen) atoms. The largest absolute Gasteiger partial charge is 0.481 e. The molecule has 0 aliphatic heterocycles. The molecule has 2 heterocycles. The molecular formula is C13H8F3N3OS. The van der Waals surface area contributed by atoms with Gasteiger partial charge in [0.25, 0.3) is 0 Å². The Kier molecular flexibility index (Phi) is 3.17. The van der Waals surface area contributed by atoms with Crippen molar-refractivity contribution >= 4 is 23.4 Å². The van der Waals surface area contributed by atoms with Crippen molar-refractivity contribution in [3.8, 4) is 11.6 Å². The lowest BCUT2D eigenvalue weighted by molar-refractivity contribution is 0.399. The fourth-order valence-corrected chi connectivity index (χ4v) is 2.29. The number of hydrogen-bond donors (Lipinski definition) is 1. The Morgan fingerprint density at radius 2 is 1.86 bits per heavy atom. The van der Waals surface area contributed by atoms with Crippen LogP contribution >= 0.6 is 12.2 Å². The Labute approximate surface area is 121 Å². The Bertz CT molecular complexity index is 880. The predicted molar refractivity (Wildman–Crippen MR) is 72.7 cm³/mol. The number of benzene rings is 1. The number of nitrogens with one attached hydrogen (secondary N) is 1. The number of rotatable bonds is 2. The summed E-state index contributed by atoms with van der Waals surface area (Å²) in [5.41, 5.74) is 0.916. The third kappa shape index (κ3) is 2.17. The van der Waals surface area contributed by atoms with Gasteiger partial charge in [0.2, 0.25) is 5.88 Å². The number of methoxy groups -OCH3 is 1. The summed E-state index contributed by atoms with van der Waals surface area (Å²) in [5, 5.41) is 0. The number of H-pyrrole nitrogens is 1. The lowest BCUT2D eigenvalue weighted by atomic mass is 10.3. The van der Waals surface area contributed by atoms with Crippen LogP contribution in [0.25, 0.3) is 16.9 Å². The standard InChI is InChI=1S/C13H8F3N3OS/c1-20-10-3-2-9-12(18-10)19(13(21)17-9)6-4-7(14)11(16)8(15)5-6/h2-5H,1H3,(H,17,21). The number of aromatic nitrogens is 3. The number of halogens is 3. The smallest absolute Gasteiger partial charge is 0.215 e. The molecule has 0 saturated heterocycles. The molecule has 0 spiro atoms. The Balaban J connectivity index is 2.34. The summed E-state index contributed by atoms with van der Waals surface area (Å²) in [5.74, 6) is -3.82. The fraction of sp³-hybridized carbons (Fsp3) is 0.0769. The minimum atomic E-state index is -1.53. The summed E-state index contributed by atoms with van der Waals surface area (Å²) in [6.45, 7) is 0. The molecule has 1 N–H and O–H groups in total. The normalized spacial score (nSPS) is 11.0. The van der Waals surface area contributed by atoms with Gasteiger partial charge in [0, 0.05) is 18.2 Å². The Morgan fingerprint density at radius 3 is 2.48 bits per heavy atom. The number of nitrogens with zero attached hydrogens (tertiary/aromatic N) is 2. The number of pyridine rings is 1. The van der Waals surface area contributed by atoms with Gasteiger partial charge >= 0.3 is 0 Å². The van der Waals surface area contributed by atoms with E-state index in [-0.39, 0.29) is 10.5 Å². The Hall–Kier alpha value is -2.35. The number of fused-ring (bicyclic) bond motifs is 1.